The zero-order chi connectivity index (χ0) is 13.8. The molecule has 2 aromatic rings. The van der Waals surface area contributed by atoms with Gasteiger partial charge in [0.25, 0.3) is 5.56 Å². The van der Waals surface area contributed by atoms with E-state index in [4.69, 9.17) is 5.11 Å². The Morgan fingerprint density at radius 2 is 2.21 bits per heavy atom. The Hall–Kier alpha value is -2.21. The molecule has 0 radical (unpaired) electrons. The van der Waals surface area contributed by atoms with Gasteiger partial charge in [0.05, 0.1) is 23.3 Å². The van der Waals surface area contributed by atoms with E-state index in [0.717, 1.165) is 0 Å². The van der Waals surface area contributed by atoms with Crippen molar-refractivity contribution >= 4 is 16.9 Å². The first-order valence-corrected chi connectivity index (χ1v) is 5.97. The second-order valence-corrected chi connectivity index (χ2v) is 4.32. The summed E-state index contributed by atoms with van der Waals surface area (Å²) >= 11 is 0. The summed E-state index contributed by atoms with van der Waals surface area (Å²) < 4.78 is 1.36. The summed E-state index contributed by atoms with van der Waals surface area (Å²) in [6.45, 7) is 1.65. The fourth-order valence-electron chi connectivity index (χ4n) is 1.74. The van der Waals surface area contributed by atoms with Gasteiger partial charge in [-0.1, -0.05) is 12.1 Å². The van der Waals surface area contributed by atoms with Gasteiger partial charge < -0.3 is 10.4 Å². The average molecular weight is 261 g/mol. The zero-order valence-electron chi connectivity index (χ0n) is 10.5. The van der Waals surface area contributed by atoms with Gasteiger partial charge in [-0.15, -0.1) is 0 Å². The first kappa shape index (κ1) is 13.2. The molecule has 0 spiro atoms. The average Bonchev–Trinajstić information content (AvgIpc) is 2.40. The second kappa shape index (κ2) is 5.62. The maximum absolute atomic E-state index is 11.8. The highest BCUT2D eigenvalue weighted by Crippen LogP contribution is 2.07. The number of para-hydroxylation sites is 2. The number of nitrogens with one attached hydrogen (secondary N) is 1. The van der Waals surface area contributed by atoms with Gasteiger partial charge in [0, 0.05) is 6.54 Å². The monoisotopic (exact) mass is 261 g/mol. The van der Waals surface area contributed by atoms with Crippen molar-refractivity contribution in [1.82, 2.24) is 14.9 Å². The van der Waals surface area contributed by atoms with Crippen molar-refractivity contribution < 1.29 is 9.90 Å². The molecule has 1 heterocycles. The van der Waals surface area contributed by atoms with Crippen molar-refractivity contribution in [3.05, 3.63) is 40.8 Å². The van der Waals surface area contributed by atoms with E-state index in [1.165, 1.54) is 10.8 Å². The molecule has 0 aliphatic rings. The Kier molecular flexibility index (Phi) is 3.91. The first-order chi connectivity index (χ1) is 9.08. The standard InChI is InChI=1S/C13H15N3O3/c1-9(17)6-15-12(18)8-16-11-5-3-2-4-10(11)14-7-13(16)19/h2-5,7,9,17H,6,8H2,1H3,(H,15,18). The summed E-state index contributed by atoms with van der Waals surface area (Å²) in [4.78, 5) is 27.5. The van der Waals surface area contributed by atoms with Crippen LogP contribution in [0.15, 0.2) is 35.3 Å². The molecule has 0 fully saturated rings. The molecule has 0 saturated carbocycles. The van der Waals surface area contributed by atoms with Crippen molar-refractivity contribution in [2.24, 2.45) is 0 Å². The highest BCUT2D eigenvalue weighted by Gasteiger charge is 2.08. The molecule has 1 aromatic carbocycles. The van der Waals surface area contributed by atoms with Crippen LogP contribution in [0.3, 0.4) is 0 Å². The lowest BCUT2D eigenvalue weighted by atomic mass is 10.3. The lowest BCUT2D eigenvalue weighted by molar-refractivity contribution is -0.122. The molecule has 2 N–H and O–H groups in total. The third kappa shape index (κ3) is 3.17. The van der Waals surface area contributed by atoms with Crippen LogP contribution in [0.1, 0.15) is 6.92 Å². The first-order valence-electron chi connectivity index (χ1n) is 5.97. The molecule has 100 valence electrons. The zero-order valence-corrected chi connectivity index (χ0v) is 10.5. The van der Waals surface area contributed by atoms with Crippen LogP contribution in [0, 0.1) is 0 Å². The number of aliphatic hydroxyl groups excluding tert-OH is 1. The number of amides is 1. The third-order valence-corrected chi connectivity index (χ3v) is 2.65. The van der Waals surface area contributed by atoms with Crippen molar-refractivity contribution in [3.8, 4) is 0 Å². The van der Waals surface area contributed by atoms with Crippen molar-refractivity contribution in [3.63, 3.8) is 0 Å². The van der Waals surface area contributed by atoms with Gasteiger partial charge in [-0.25, -0.2) is 4.98 Å². The smallest absolute Gasteiger partial charge is 0.269 e. The van der Waals surface area contributed by atoms with Crippen molar-refractivity contribution in [1.29, 1.82) is 0 Å². The number of rotatable bonds is 4. The molecule has 0 saturated heterocycles. The number of nitrogens with zero attached hydrogens (tertiary/aromatic N) is 2. The van der Waals surface area contributed by atoms with Crippen LogP contribution in [-0.4, -0.2) is 33.2 Å². The van der Waals surface area contributed by atoms with E-state index in [9.17, 15) is 9.59 Å². The Morgan fingerprint density at radius 3 is 2.95 bits per heavy atom. The maximum Gasteiger partial charge on any atom is 0.269 e. The minimum atomic E-state index is -0.616. The molecule has 2 rings (SSSR count). The fraction of sp³-hybridized carbons (Fsp3) is 0.308. The number of carbonyl (C=O) groups is 1. The van der Waals surface area contributed by atoms with E-state index in [2.05, 4.69) is 10.3 Å². The molecular weight excluding hydrogens is 246 g/mol. The highest BCUT2D eigenvalue weighted by molar-refractivity contribution is 5.79. The van der Waals surface area contributed by atoms with Crippen LogP contribution in [0.25, 0.3) is 11.0 Å². The van der Waals surface area contributed by atoms with E-state index >= 15 is 0 Å². The van der Waals surface area contributed by atoms with Crippen LogP contribution >= 0.6 is 0 Å². The fourth-order valence-corrected chi connectivity index (χ4v) is 1.74. The van der Waals surface area contributed by atoms with Crippen molar-refractivity contribution in [2.75, 3.05) is 6.54 Å². The van der Waals surface area contributed by atoms with Gasteiger partial charge in [0.1, 0.15) is 6.54 Å². The Bertz CT molecular complexity index is 649. The largest absolute Gasteiger partial charge is 0.392 e. The van der Waals surface area contributed by atoms with Crippen LogP contribution < -0.4 is 10.9 Å². The van der Waals surface area contributed by atoms with Crippen LogP contribution in [0.5, 0.6) is 0 Å². The van der Waals surface area contributed by atoms with Gasteiger partial charge in [-0.2, -0.15) is 0 Å². The van der Waals surface area contributed by atoms with E-state index in [1.54, 1.807) is 25.1 Å². The lowest BCUT2D eigenvalue weighted by Gasteiger charge is -2.10. The van der Waals surface area contributed by atoms with E-state index in [0.29, 0.717) is 11.0 Å². The molecule has 6 heteroatoms. The molecule has 0 bridgehead atoms. The number of hydrogen-bond acceptors (Lipinski definition) is 4. The molecule has 1 unspecified atom stereocenters. The normalized spacial score (nSPS) is 12.3. The van der Waals surface area contributed by atoms with Crippen molar-refractivity contribution in [2.45, 2.75) is 19.6 Å². The topological polar surface area (TPSA) is 84.2 Å². The van der Waals surface area contributed by atoms with Gasteiger partial charge in [-0.05, 0) is 19.1 Å². The highest BCUT2D eigenvalue weighted by atomic mass is 16.3. The Morgan fingerprint density at radius 1 is 1.47 bits per heavy atom. The number of aromatic nitrogens is 2. The molecule has 19 heavy (non-hydrogen) atoms. The minimum Gasteiger partial charge on any atom is -0.392 e. The molecular formula is C13H15N3O3. The van der Waals surface area contributed by atoms with Gasteiger partial charge >= 0.3 is 0 Å². The molecule has 1 aromatic heterocycles. The van der Waals surface area contributed by atoms with E-state index in [-0.39, 0.29) is 24.6 Å². The summed E-state index contributed by atoms with van der Waals surface area (Å²) in [6.07, 6.45) is 0.583. The predicted molar refractivity (Wildman–Crippen MR) is 70.7 cm³/mol. The lowest BCUT2D eigenvalue weighted by Crippen LogP contribution is -2.36. The molecule has 0 aliphatic heterocycles. The molecule has 6 nitrogen and oxygen atoms in total. The second-order valence-electron chi connectivity index (χ2n) is 4.32. The summed E-state index contributed by atoms with van der Waals surface area (Å²) in [5.74, 6) is -0.320. The number of carbonyl (C=O) groups excluding carboxylic acids is 1. The number of aliphatic hydroxyl groups is 1. The van der Waals surface area contributed by atoms with E-state index < -0.39 is 6.10 Å². The third-order valence-electron chi connectivity index (χ3n) is 2.65. The Labute approximate surface area is 109 Å². The quantitative estimate of drug-likeness (QED) is 0.804. The van der Waals surface area contributed by atoms with Gasteiger partial charge in [0.2, 0.25) is 5.91 Å². The SMILES string of the molecule is CC(O)CNC(=O)Cn1c(=O)cnc2ccccc21. The van der Waals surface area contributed by atoms with Gasteiger partial charge in [0.15, 0.2) is 0 Å². The van der Waals surface area contributed by atoms with Crippen LogP contribution in [0.2, 0.25) is 0 Å². The summed E-state index contributed by atoms with van der Waals surface area (Å²) in [6, 6.07) is 7.12. The summed E-state index contributed by atoms with van der Waals surface area (Å²) in [7, 11) is 0. The molecule has 0 aliphatic carbocycles. The van der Waals surface area contributed by atoms with E-state index in [1.807, 2.05) is 6.07 Å². The number of hydrogen-bond donors (Lipinski definition) is 2. The summed E-state index contributed by atoms with van der Waals surface area (Å²) in [5.41, 5.74) is 0.943. The minimum absolute atomic E-state index is 0.0887. The van der Waals surface area contributed by atoms with Crippen LogP contribution in [0.4, 0.5) is 0 Å². The predicted octanol–water partition coefficient (Wildman–Crippen LogP) is -0.106. The molecule has 1 atom stereocenters. The number of fused-ring (bicyclic) bond motifs is 1. The Balaban J connectivity index is 2.27. The number of benzene rings is 1. The van der Waals surface area contributed by atoms with Crippen LogP contribution in [-0.2, 0) is 11.3 Å². The summed E-state index contributed by atoms with van der Waals surface area (Å²) in [5, 5.41) is 11.7. The van der Waals surface area contributed by atoms with Gasteiger partial charge in [-0.3, -0.25) is 14.2 Å². The maximum atomic E-state index is 11.8. The molecule has 1 amide bonds.